The Bertz CT molecular complexity index is 228. The summed E-state index contributed by atoms with van der Waals surface area (Å²) in [6, 6.07) is 0. The van der Waals surface area contributed by atoms with E-state index in [2.05, 4.69) is 0 Å². The number of hydrogen-bond acceptors (Lipinski definition) is 3. The summed E-state index contributed by atoms with van der Waals surface area (Å²) in [5.41, 5.74) is 4.96. The van der Waals surface area contributed by atoms with Crippen molar-refractivity contribution in [3.8, 4) is 0 Å². The van der Waals surface area contributed by atoms with Crippen molar-refractivity contribution in [3.05, 3.63) is 0 Å². The minimum absolute atomic E-state index is 0.186. The van der Waals surface area contributed by atoms with Crippen molar-refractivity contribution in [1.29, 1.82) is 0 Å². The average molecular weight is 229 g/mol. The van der Waals surface area contributed by atoms with Crippen LogP contribution in [0.25, 0.3) is 0 Å². The molecule has 0 heterocycles. The van der Waals surface area contributed by atoms with Gasteiger partial charge in [-0.2, -0.15) is 0 Å². The summed E-state index contributed by atoms with van der Waals surface area (Å²) in [4.78, 5) is 11.4. The second-order valence-electron chi connectivity index (χ2n) is 4.97. The predicted octanol–water partition coefficient (Wildman–Crippen LogP) is 1.37. The van der Waals surface area contributed by atoms with Crippen LogP contribution in [-0.4, -0.2) is 29.3 Å². The second-order valence-corrected chi connectivity index (χ2v) is 4.97. The molecule has 0 aliphatic heterocycles. The summed E-state index contributed by atoms with van der Waals surface area (Å²) in [5.74, 6) is -0.164. The third kappa shape index (κ3) is 3.76. The molecule has 0 radical (unpaired) electrons. The molecule has 1 atom stereocenters. The Kier molecular flexibility index (Phi) is 5.22. The van der Waals surface area contributed by atoms with E-state index in [0.717, 1.165) is 38.5 Å². The van der Waals surface area contributed by atoms with Crippen LogP contribution in [0.1, 0.15) is 44.9 Å². The molecule has 1 rings (SSSR count). The lowest BCUT2D eigenvalue weighted by atomic mass is 9.78. The van der Waals surface area contributed by atoms with Crippen molar-refractivity contribution < 1.29 is 15.0 Å². The van der Waals surface area contributed by atoms with Crippen molar-refractivity contribution in [1.82, 2.24) is 0 Å². The molecule has 0 bridgehead atoms. The highest BCUT2D eigenvalue weighted by atomic mass is 16.4. The Labute approximate surface area is 96.8 Å². The van der Waals surface area contributed by atoms with E-state index in [-0.39, 0.29) is 13.2 Å². The van der Waals surface area contributed by atoms with E-state index in [0.29, 0.717) is 12.3 Å². The first-order chi connectivity index (χ1) is 7.64. The molecule has 4 N–H and O–H groups in total. The van der Waals surface area contributed by atoms with Gasteiger partial charge in [0.2, 0.25) is 0 Å². The molecular weight excluding hydrogens is 206 g/mol. The quantitative estimate of drug-likeness (QED) is 0.521. The largest absolute Gasteiger partial charge is 0.481 e. The van der Waals surface area contributed by atoms with E-state index in [1.54, 1.807) is 0 Å². The molecule has 0 spiro atoms. The SMILES string of the molecule is NCC(CCCCCO)(CC1CC1)C(=O)O. The normalized spacial score (nSPS) is 19.4. The monoisotopic (exact) mass is 229 g/mol. The molecule has 1 aliphatic rings. The zero-order valence-electron chi connectivity index (χ0n) is 9.82. The van der Waals surface area contributed by atoms with Gasteiger partial charge < -0.3 is 15.9 Å². The number of hydrogen-bond donors (Lipinski definition) is 3. The maximum atomic E-state index is 11.4. The summed E-state index contributed by atoms with van der Waals surface area (Å²) >= 11 is 0. The van der Waals surface area contributed by atoms with Crippen LogP contribution < -0.4 is 5.73 Å². The summed E-state index contributed by atoms with van der Waals surface area (Å²) in [6.07, 6.45) is 6.18. The lowest BCUT2D eigenvalue weighted by molar-refractivity contribution is -0.149. The van der Waals surface area contributed by atoms with Crippen LogP contribution in [0.15, 0.2) is 0 Å². The van der Waals surface area contributed by atoms with E-state index in [1.807, 2.05) is 0 Å². The standard InChI is InChI=1S/C12H23NO3/c13-9-12(11(15)16,8-10-4-5-10)6-2-1-3-7-14/h10,14H,1-9,13H2,(H,15,16). The highest BCUT2D eigenvalue weighted by Gasteiger charge is 2.41. The summed E-state index contributed by atoms with van der Waals surface area (Å²) in [7, 11) is 0. The van der Waals surface area contributed by atoms with Crippen LogP contribution >= 0.6 is 0 Å². The van der Waals surface area contributed by atoms with Crippen molar-refractivity contribution in [2.75, 3.05) is 13.2 Å². The minimum atomic E-state index is -0.745. The molecule has 1 fully saturated rings. The third-order valence-corrected chi connectivity index (χ3v) is 3.53. The molecule has 16 heavy (non-hydrogen) atoms. The predicted molar refractivity (Wildman–Crippen MR) is 62.0 cm³/mol. The van der Waals surface area contributed by atoms with Gasteiger partial charge in [-0.25, -0.2) is 0 Å². The Morgan fingerprint density at radius 2 is 2.00 bits per heavy atom. The van der Waals surface area contributed by atoms with Crippen LogP contribution in [0, 0.1) is 11.3 Å². The fourth-order valence-electron chi connectivity index (χ4n) is 2.20. The smallest absolute Gasteiger partial charge is 0.310 e. The molecule has 1 unspecified atom stereocenters. The number of carboxylic acids is 1. The van der Waals surface area contributed by atoms with Gasteiger partial charge in [0.25, 0.3) is 0 Å². The minimum Gasteiger partial charge on any atom is -0.481 e. The molecule has 0 aromatic heterocycles. The molecule has 0 aromatic rings. The summed E-state index contributed by atoms with van der Waals surface area (Å²) in [5, 5.41) is 18.0. The summed E-state index contributed by atoms with van der Waals surface area (Å²) in [6.45, 7) is 0.420. The van der Waals surface area contributed by atoms with E-state index >= 15 is 0 Å². The van der Waals surface area contributed by atoms with E-state index in [1.165, 1.54) is 0 Å². The van der Waals surface area contributed by atoms with Gasteiger partial charge in [-0.15, -0.1) is 0 Å². The third-order valence-electron chi connectivity index (χ3n) is 3.53. The number of aliphatic hydroxyl groups excluding tert-OH is 1. The average Bonchev–Trinajstić information content (AvgIpc) is 3.06. The molecule has 0 aromatic carbocycles. The van der Waals surface area contributed by atoms with Gasteiger partial charge in [0.15, 0.2) is 0 Å². The van der Waals surface area contributed by atoms with E-state index < -0.39 is 11.4 Å². The maximum Gasteiger partial charge on any atom is 0.310 e. The fraction of sp³-hybridized carbons (Fsp3) is 0.917. The van der Waals surface area contributed by atoms with Gasteiger partial charge in [-0.1, -0.05) is 25.7 Å². The molecule has 1 saturated carbocycles. The van der Waals surface area contributed by atoms with Gasteiger partial charge in [-0.3, -0.25) is 4.79 Å². The molecule has 1 aliphatic carbocycles. The maximum absolute atomic E-state index is 11.4. The van der Waals surface area contributed by atoms with Crippen LogP contribution in [-0.2, 0) is 4.79 Å². The van der Waals surface area contributed by atoms with Gasteiger partial charge in [0.05, 0.1) is 5.41 Å². The van der Waals surface area contributed by atoms with Crippen LogP contribution in [0.3, 0.4) is 0 Å². The molecular formula is C12H23NO3. The topological polar surface area (TPSA) is 83.5 Å². The summed E-state index contributed by atoms with van der Waals surface area (Å²) < 4.78 is 0. The Morgan fingerprint density at radius 1 is 1.31 bits per heavy atom. The van der Waals surface area contributed by atoms with Crippen LogP contribution in [0.2, 0.25) is 0 Å². The lowest BCUT2D eigenvalue weighted by Gasteiger charge is -2.28. The molecule has 4 heteroatoms. The Morgan fingerprint density at radius 3 is 2.44 bits per heavy atom. The molecule has 0 saturated heterocycles. The highest BCUT2D eigenvalue weighted by molar-refractivity contribution is 5.75. The number of carbonyl (C=O) groups is 1. The first-order valence-electron chi connectivity index (χ1n) is 6.19. The van der Waals surface area contributed by atoms with Crippen LogP contribution in [0.4, 0.5) is 0 Å². The number of unbranched alkanes of at least 4 members (excludes halogenated alkanes) is 2. The van der Waals surface area contributed by atoms with E-state index in [4.69, 9.17) is 10.8 Å². The van der Waals surface area contributed by atoms with Crippen molar-refractivity contribution in [2.45, 2.75) is 44.9 Å². The van der Waals surface area contributed by atoms with Crippen LogP contribution in [0.5, 0.6) is 0 Å². The number of nitrogens with two attached hydrogens (primary N) is 1. The van der Waals surface area contributed by atoms with Crippen molar-refractivity contribution in [3.63, 3.8) is 0 Å². The van der Waals surface area contributed by atoms with Gasteiger partial charge >= 0.3 is 5.97 Å². The van der Waals surface area contributed by atoms with Gasteiger partial charge in [0, 0.05) is 13.2 Å². The number of carboxylic acid groups (broad SMARTS) is 1. The van der Waals surface area contributed by atoms with Crippen molar-refractivity contribution >= 4 is 5.97 Å². The molecule has 94 valence electrons. The Hall–Kier alpha value is -0.610. The first-order valence-corrected chi connectivity index (χ1v) is 6.19. The number of rotatable bonds is 9. The highest BCUT2D eigenvalue weighted by Crippen LogP contribution is 2.42. The van der Waals surface area contributed by atoms with Crippen molar-refractivity contribution in [2.24, 2.45) is 17.1 Å². The Balaban J connectivity index is 2.43. The van der Waals surface area contributed by atoms with Gasteiger partial charge in [-0.05, 0) is 25.2 Å². The molecule has 0 amide bonds. The van der Waals surface area contributed by atoms with E-state index in [9.17, 15) is 9.90 Å². The second kappa shape index (κ2) is 6.21. The zero-order chi connectivity index (χ0) is 12.0. The zero-order valence-corrected chi connectivity index (χ0v) is 9.82. The number of aliphatic hydroxyl groups is 1. The lowest BCUT2D eigenvalue weighted by Crippen LogP contribution is -2.39. The van der Waals surface area contributed by atoms with Gasteiger partial charge in [0.1, 0.15) is 0 Å². The first kappa shape index (κ1) is 13.5. The fourth-order valence-corrected chi connectivity index (χ4v) is 2.20. The number of aliphatic carboxylic acids is 1. The molecule has 4 nitrogen and oxygen atoms in total.